The van der Waals surface area contributed by atoms with Crippen molar-refractivity contribution in [2.75, 3.05) is 38.2 Å². The molecule has 0 bridgehead atoms. The molecule has 1 aliphatic heterocycles. The highest BCUT2D eigenvalue weighted by Gasteiger charge is 2.27. The highest BCUT2D eigenvalue weighted by Crippen LogP contribution is 2.29. The Morgan fingerprint density at radius 2 is 1.56 bits per heavy atom. The summed E-state index contributed by atoms with van der Waals surface area (Å²) in [6.07, 6.45) is 1.62. The number of ether oxygens (including phenoxy) is 1. The highest BCUT2D eigenvalue weighted by molar-refractivity contribution is 5.36. The smallest absolute Gasteiger partial charge is 0.255 e. The fraction of sp³-hybridized carbons (Fsp3) is 0.385. The maximum atomic E-state index is 12.7. The molecule has 0 amide bonds. The van der Waals surface area contributed by atoms with E-state index in [-0.39, 0.29) is 11.6 Å². The molecule has 168 valence electrons. The molecular weight excluding hydrogens is 400 g/mol. The summed E-state index contributed by atoms with van der Waals surface area (Å²) in [6.45, 7) is 5.80. The molecule has 2 aromatic carbocycles. The second-order valence-electron chi connectivity index (χ2n) is 8.24. The van der Waals surface area contributed by atoms with Crippen molar-refractivity contribution in [3.05, 3.63) is 93.4 Å². The van der Waals surface area contributed by atoms with E-state index in [1.54, 1.807) is 7.11 Å². The molecule has 0 unspecified atom stereocenters. The van der Waals surface area contributed by atoms with Gasteiger partial charge in [0, 0.05) is 38.9 Å². The summed E-state index contributed by atoms with van der Waals surface area (Å²) in [4.78, 5) is 25.2. The number of rotatable bonds is 8. The number of methoxy groups -OCH3 is 1. The van der Waals surface area contributed by atoms with Crippen LogP contribution >= 0.6 is 0 Å². The summed E-state index contributed by atoms with van der Waals surface area (Å²) < 4.78 is 5.32. The van der Waals surface area contributed by atoms with Gasteiger partial charge in [-0.25, -0.2) is 4.98 Å². The Balaban J connectivity index is 1.55. The molecular formula is C26H32N4O2. The van der Waals surface area contributed by atoms with Gasteiger partial charge in [0.25, 0.3) is 5.56 Å². The SMILES string of the molecule is CCCc1c(COC)nc(N2CCN(C(c3ccccc3)c3ccccc3)CC2)[nH]c1=O. The third kappa shape index (κ3) is 4.92. The van der Waals surface area contributed by atoms with Crippen LogP contribution in [0.4, 0.5) is 5.95 Å². The zero-order valence-electron chi connectivity index (χ0n) is 19.0. The molecule has 3 aromatic rings. The predicted octanol–water partition coefficient (Wildman–Crippen LogP) is 3.78. The van der Waals surface area contributed by atoms with Crippen molar-refractivity contribution >= 4 is 5.95 Å². The molecule has 6 nitrogen and oxygen atoms in total. The molecule has 0 radical (unpaired) electrons. The maximum Gasteiger partial charge on any atom is 0.255 e. The number of anilines is 1. The van der Waals surface area contributed by atoms with E-state index < -0.39 is 0 Å². The molecule has 1 aromatic heterocycles. The van der Waals surface area contributed by atoms with E-state index in [1.165, 1.54) is 11.1 Å². The summed E-state index contributed by atoms with van der Waals surface area (Å²) in [6, 6.07) is 21.5. The van der Waals surface area contributed by atoms with Gasteiger partial charge in [-0.15, -0.1) is 0 Å². The summed E-state index contributed by atoms with van der Waals surface area (Å²) in [7, 11) is 1.64. The van der Waals surface area contributed by atoms with E-state index in [0.29, 0.717) is 19.0 Å². The van der Waals surface area contributed by atoms with Crippen molar-refractivity contribution in [3.8, 4) is 0 Å². The van der Waals surface area contributed by atoms with Crippen molar-refractivity contribution in [3.63, 3.8) is 0 Å². The van der Waals surface area contributed by atoms with E-state index in [2.05, 4.69) is 82.4 Å². The fourth-order valence-corrected chi connectivity index (χ4v) is 4.52. The van der Waals surface area contributed by atoms with Crippen LogP contribution in [0.2, 0.25) is 0 Å². The number of hydrogen-bond donors (Lipinski definition) is 1. The number of aromatic amines is 1. The summed E-state index contributed by atoms with van der Waals surface area (Å²) in [5.74, 6) is 0.650. The maximum absolute atomic E-state index is 12.7. The number of nitrogens with zero attached hydrogens (tertiary/aromatic N) is 3. The Kier molecular flexibility index (Phi) is 7.35. The zero-order valence-corrected chi connectivity index (χ0v) is 19.0. The molecule has 1 aliphatic rings. The molecule has 1 N–H and O–H groups in total. The molecule has 0 saturated carbocycles. The van der Waals surface area contributed by atoms with Crippen LogP contribution in [-0.4, -0.2) is 48.2 Å². The first-order chi connectivity index (χ1) is 15.7. The minimum atomic E-state index is -0.0437. The standard InChI is InChI=1S/C26H32N4O2/c1-3-10-22-23(19-32-2)27-26(28-25(22)31)30-17-15-29(16-18-30)24(20-11-6-4-7-12-20)21-13-8-5-9-14-21/h4-9,11-14,24H,3,10,15-19H2,1-2H3,(H,27,28,31). The van der Waals surface area contributed by atoms with Crippen molar-refractivity contribution in [1.82, 2.24) is 14.9 Å². The molecule has 0 spiro atoms. The molecule has 0 atom stereocenters. The Hall–Kier alpha value is -2.96. The fourth-order valence-electron chi connectivity index (χ4n) is 4.52. The van der Waals surface area contributed by atoms with Gasteiger partial charge in [0.2, 0.25) is 5.95 Å². The van der Waals surface area contributed by atoms with Gasteiger partial charge in [-0.2, -0.15) is 0 Å². The van der Waals surface area contributed by atoms with Crippen LogP contribution in [0, 0.1) is 0 Å². The van der Waals surface area contributed by atoms with E-state index in [9.17, 15) is 4.79 Å². The molecule has 32 heavy (non-hydrogen) atoms. The first kappa shape index (κ1) is 22.2. The Morgan fingerprint density at radius 1 is 0.969 bits per heavy atom. The number of aromatic nitrogens is 2. The van der Waals surface area contributed by atoms with E-state index >= 15 is 0 Å². The molecule has 4 rings (SSSR count). The van der Waals surface area contributed by atoms with Crippen LogP contribution in [0.3, 0.4) is 0 Å². The topological polar surface area (TPSA) is 61.5 Å². The third-order valence-corrected chi connectivity index (χ3v) is 6.08. The highest BCUT2D eigenvalue weighted by atomic mass is 16.5. The number of H-pyrrole nitrogens is 1. The van der Waals surface area contributed by atoms with Gasteiger partial charge in [0.05, 0.1) is 18.3 Å². The lowest BCUT2D eigenvalue weighted by Gasteiger charge is -2.40. The first-order valence-corrected chi connectivity index (χ1v) is 11.4. The molecule has 6 heteroatoms. The lowest BCUT2D eigenvalue weighted by atomic mass is 9.96. The van der Waals surface area contributed by atoms with Crippen LogP contribution in [0.1, 0.15) is 41.8 Å². The Labute approximate surface area is 189 Å². The summed E-state index contributed by atoms with van der Waals surface area (Å²) in [5, 5.41) is 0. The average molecular weight is 433 g/mol. The minimum absolute atomic E-state index is 0.0437. The minimum Gasteiger partial charge on any atom is -0.378 e. The van der Waals surface area contributed by atoms with Crippen LogP contribution in [0.5, 0.6) is 0 Å². The number of benzene rings is 2. The van der Waals surface area contributed by atoms with Gasteiger partial charge >= 0.3 is 0 Å². The summed E-state index contributed by atoms with van der Waals surface area (Å²) in [5.41, 5.74) is 4.04. The van der Waals surface area contributed by atoms with Gasteiger partial charge < -0.3 is 9.64 Å². The van der Waals surface area contributed by atoms with Crippen LogP contribution in [-0.2, 0) is 17.8 Å². The summed E-state index contributed by atoms with van der Waals surface area (Å²) >= 11 is 0. The largest absolute Gasteiger partial charge is 0.378 e. The first-order valence-electron chi connectivity index (χ1n) is 11.4. The number of nitrogens with one attached hydrogen (secondary N) is 1. The van der Waals surface area contributed by atoms with E-state index in [4.69, 9.17) is 9.72 Å². The van der Waals surface area contributed by atoms with Crippen molar-refractivity contribution in [2.24, 2.45) is 0 Å². The molecule has 1 saturated heterocycles. The quantitative estimate of drug-likeness (QED) is 0.587. The van der Waals surface area contributed by atoms with Gasteiger partial charge in [-0.1, -0.05) is 74.0 Å². The molecule has 0 aliphatic carbocycles. The van der Waals surface area contributed by atoms with E-state index in [0.717, 1.165) is 43.9 Å². The van der Waals surface area contributed by atoms with Crippen molar-refractivity contribution in [1.29, 1.82) is 0 Å². The lowest BCUT2D eigenvalue weighted by Crippen LogP contribution is -2.49. The van der Waals surface area contributed by atoms with Crippen LogP contribution in [0.25, 0.3) is 0 Å². The second kappa shape index (κ2) is 10.6. The Bertz CT molecular complexity index is 1000. The number of piperazine rings is 1. The monoisotopic (exact) mass is 432 g/mol. The zero-order chi connectivity index (χ0) is 22.3. The van der Waals surface area contributed by atoms with Gasteiger partial charge in [0.1, 0.15) is 0 Å². The van der Waals surface area contributed by atoms with Gasteiger partial charge in [-0.05, 0) is 17.5 Å². The van der Waals surface area contributed by atoms with E-state index in [1.807, 2.05) is 0 Å². The van der Waals surface area contributed by atoms with Crippen molar-refractivity contribution in [2.45, 2.75) is 32.4 Å². The molecule has 1 fully saturated rings. The second-order valence-corrected chi connectivity index (χ2v) is 8.24. The molecule has 2 heterocycles. The van der Waals surface area contributed by atoms with Gasteiger partial charge in [0.15, 0.2) is 0 Å². The van der Waals surface area contributed by atoms with Gasteiger partial charge in [-0.3, -0.25) is 14.7 Å². The number of hydrogen-bond acceptors (Lipinski definition) is 5. The van der Waals surface area contributed by atoms with Crippen molar-refractivity contribution < 1.29 is 4.74 Å². The Morgan fingerprint density at radius 3 is 2.09 bits per heavy atom. The predicted molar refractivity (Wildman–Crippen MR) is 128 cm³/mol. The van der Waals surface area contributed by atoms with Crippen LogP contribution in [0.15, 0.2) is 65.5 Å². The normalized spacial score (nSPS) is 14.8. The third-order valence-electron chi connectivity index (χ3n) is 6.08. The average Bonchev–Trinajstić information content (AvgIpc) is 2.83. The lowest BCUT2D eigenvalue weighted by molar-refractivity contribution is 0.180. The van der Waals surface area contributed by atoms with Crippen LogP contribution < -0.4 is 10.5 Å².